The zero-order chi connectivity index (χ0) is 16.2. The van der Waals surface area contributed by atoms with E-state index in [1.165, 1.54) is 0 Å². The lowest BCUT2D eigenvalue weighted by molar-refractivity contribution is -0.125. The molecule has 1 N–H and O–H groups in total. The van der Waals surface area contributed by atoms with Crippen LogP contribution in [0, 0.1) is 5.92 Å². The predicted molar refractivity (Wildman–Crippen MR) is 89.2 cm³/mol. The third kappa shape index (κ3) is 3.82. The highest BCUT2D eigenvalue weighted by Crippen LogP contribution is 2.22. The van der Waals surface area contributed by atoms with Crippen molar-refractivity contribution in [2.24, 2.45) is 13.0 Å². The van der Waals surface area contributed by atoms with Crippen molar-refractivity contribution in [3.63, 3.8) is 0 Å². The molecule has 2 aromatic heterocycles. The van der Waals surface area contributed by atoms with Crippen LogP contribution in [0.2, 0.25) is 5.15 Å². The van der Waals surface area contributed by atoms with E-state index >= 15 is 0 Å². The maximum Gasteiger partial charge on any atom is 0.225 e. The van der Waals surface area contributed by atoms with Crippen LogP contribution in [-0.2, 0) is 18.4 Å². The van der Waals surface area contributed by atoms with Crippen molar-refractivity contribution in [2.45, 2.75) is 19.4 Å². The van der Waals surface area contributed by atoms with Gasteiger partial charge in [0.25, 0.3) is 0 Å². The number of hydrogen-bond acceptors (Lipinski definition) is 4. The highest BCUT2D eigenvalue weighted by atomic mass is 35.5. The number of rotatable bonds is 4. The zero-order valence-electron chi connectivity index (χ0n) is 13.1. The summed E-state index contributed by atoms with van der Waals surface area (Å²) in [6.45, 7) is 2.10. The Morgan fingerprint density at radius 2 is 2.26 bits per heavy atom. The molecule has 0 saturated carbocycles. The van der Waals surface area contributed by atoms with Crippen molar-refractivity contribution >= 4 is 23.3 Å². The van der Waals surface area contributed by atoms with Gasteiger partial charge >= 0.3 is 0 Å². The summed E-state index contributed by atoms with van der Waals surface area (Å²) in [5.74, 6) is 0.841. The number of amides is 1. The number of nitrogens with zero attached hydrogens (tertiary/aromatic N) is 4. The van der Waals surface area contributed by atoms with E-state index in [0.29, 0.717) is 18.2 Å². The molecule has 122 valence electrons. The summed E-state index contributed by atoms with van der Waals surface area (Å²) in [4.78, 5) is 14.5. The van der Waals surface area contributed by atoms with Crippen LogP contribution in [0.25, 0.3) is 0 Å². The highest BCUT2D eigenvalue weighted by molar-refractivity contribution is 6.29. The lowest BCUT2D eigenvalue weighted by atomic mass is 9.97. The van der Waals surface area contributed by atoms with Crippen molar-refractivity contribution in [2.75, 3.05) is 18.0 Å². The summed E-state index contributed by atoms with van der Waals surface area (Å²) in [7, 11) is 1.98. The van der Waals surface area contributed by atoms with Gasteiger partial charge in [-0.2, -0.15) is 0 Å². The minimum absolute atomic E-state index is 0.0264. The summed E-state index contributed by atoms with van der Waals surface area (Å²) < 4.78 is 2.01. The second-order valence-corrected chi connectivity index (χ2v) is 6.21. The quantitative estimate of drug-likeness (QED) is 0.929. The van der Waals surface area contributed by atoms with Gasteiger partial charge in [0.2, 0.25) is 5.91 Å². The molecule has 3 heterocycles. The van der Waals surface area contributed by atoms with E-state index in [0.717, 1.165) is 30.9 Å². The fourth-order valence-electron chi connectivity index (χ4n) is 2.88. The fraction of sp³-hybridized carbons (Fsp3) is 0.438. The number of piperidine rings is 1. The number of nitrogens with one attached hydrogen (secondary N) is 1. The van der Waals surface area contributed by atoms with Crippen molar-refractivity contribution < 1.29 is 4.79 Å². The van der Waals surface area contributed by atoms with Gasteiger partial charge in [-0.15, -0.1) is 10.2 Å². The third-order valence-electron chi connectivity index (χ3n) is 4.23. The smallest absolute Gasteiger partial charge is 0.225 e. The molecule has 0 aromatic carbocycles. The lowest BCUT2D eigenvalue weighted by Crippen LogP contribution is -2.43. The number of halogens is 1. The maximum atomic E-state index is 12.4. The molecule has 2 aromatic rings. The summed E-state index contributed by atoms with van der Waals surface area (Å²) in [6.07, 6.45) is 3.84. The van der Waals surface area contributed by atoms with Crippen LogP contribution in [0.3, 0.4) is 0 Å². The van der Waals surface area contributed by atoms with E-state index in [9.17, 15) is 4.79 Å². The number of aryl methyl sites for hydroxylation is 1. The van der Waals surface area contributed by atoms with Crippen LogP contribution in [0.1, 0.15) is 18.5 Å². The van der Waals surface area contributed by atoms with E-state index in [1.807, 2.05) is 36.0 Å². The Morgan fingerprint density at radius 1 is 1.39 bits per heavy atom. The number of aromatic nitrogens is 3. The van der Waals surface area contributed by atoms with Crippen molar-refractivity contribution in [3.8, 4) is 0 Å². The Morgan fingerprint density at radius 3 is 2.96 bits per heavy atom. The second kappa shape index (κ2) is 7.00. The van der Waals surface area contributed by atoms with E-state index in [2.05, 4.69) is 20.4 Å². The summed E-state index contributed by atoms with van der Waals surface area (Å²) >= 11 is 5.77. The molecular weight excluding hydrogens is 314 g/mol. The Labute approximate surface area is 140 Å². The molecule has 1 amide bonds. The third-order valence-corrected chi connectivity index (χ3v) is 4.43. The number of hydrogen-bond donors (Lipinski definition) is 1. The molecule has 0 radical (unpaired) electrons. The standard InChI is InChI=1S/C16H20ClN5O/c1-21-8-3-5-13(21)10-18-16(23)12-4-2-9-22(11-12)15-7-6-14(17)19-20-15/h3,5-8,12H,2,4,9-11H2,1H3,(H,18,23). The molecule has 1 aliphatic rings. The molecule has 1 fully saturated rings. The van der Waals surface area contributed by atoms with Gasteiger partial charge in [-0.3, -0.25) is 4.79 Å². The van der Waals surface area contributed by atoms with Gasteiger partial charge in [0, 0.05) is 32.0 Å². The summed E-state index contributed by atoms with van der Waals surface area (Å²) in [5, 5.41) is 11.4. The van der Waals surface area contributed by atoms with Gasteiger partial charge in [-0.1, -0.05) is 11.6 Å². The van der Waals surface area contributed by atoms with Gasteiger partial charge in [0.15, 0.2) is 11.0 Å². The topological polar surface area (TPSA) is 63.1 Å². The van der Waals surface area contributed by atoms with E-state index < -0.39 is 0 Å². The molecule has 0 bridgehead atoms. The van der Waals surface area contributed by atoms with Gasteiger partial charge in [0.05, 0.1) is 12.5 Å². The number of carbonyl (C=O) groups excluding carboxylic acids is 1. The van der Waals surface area contributed by atoms with E-state index in [4.69, 9.17) is 11.6 Å². The predicted octanol–water partition coefficient (Wildman–Crippen LogP) is 2.00. The Balaban J connectivity index is 1.58. The Bertz CT molecular complexity index is 669. The molecular formula is C16H20ClN5O. The normalized spacial score (nSPS) is 18.0. The Kier molecular flexibility index (Phi) is 4.81. The minimum atomic E-state index is -0.0264. The average Bonchev–Trinajstić information content (AvgIpc) is 2.98. The van der Waals surface area contributed by atoms with E-state index in [-0.39, 0.29) is 11.8 Å². The van der Waals surface area contributed by atoms with Gasteiger partial charge in [0.1, 0.15) is 0 Å². The van der Waals surface area contributed by atoms with Crippen LogP contribution >= 0.6 is 11.6 Å². The first kappa shape index (κ1) is 15.8. The summed E-state index contributed by atoms with van der Waals surface area (Å²) in [6, 6.07) is 7.56. The van der Waals surface area contributed by atoms with E-state index in [1.54, 1.807) is 6.07 Å². The Hall–Kier alpha value is -2.08. The highest BCUT2D eigenvalue weighted by Gasteiger charge is 2.26. The van der Waals surface area contributed by atoms with Crippen molar-refractivity contribution in [1.82, 2.24) is 20.1 Å². The summed E-state index contributed by atoms with van der Waals surface area (Å²) in [5.41, 5.74) is 1.09. The molecule has 0 spiro atoms. The zero-order valence-corrected chi connectivity index (χ0v) is 13.8. The molecule has 1 aliphatic heterocycles. The molecule has 3 rings (SSSR count). The number of carbonyl (C=O) groups is 1. The first-order valence-electron chi connectivity index (χ1n) is 7.75. The van der Waals surface area contributed by atoms with Crippen LogP contribution < -0.4 is 10.2 Å². The maximum absolute atomic E-state index is 12.4. The molecule has 0 aliphatic carbocycles. The van der Waals surface area contributed by atoms with Gasteiger partial charge in [-0.25, -0.2) is 0 Å². The first-order valence-corrected chi connectivity index (χ1v) is 8.13. The van der Waals surface area contributed by atoms with Gasteiger partial charge in [-0.05, 0) is 37.1 Å². The largest absolute Gasteiger partial charge is 0.354 e. The molecule has 1 saturated heterocycles. The van der Waals surface area contributed by atoms with Crippen LogP contribution in [-0.4, -0.2) is 33.8 Å². The fourth-order valence-corrected chi connectivity index (χ4v) is 2.98. The molecule has 23 heavy (non-hydrogen) atoms. The first-order chi connectivity index (χ1) is 11.1. The molecule has 7 heteroatoms. The molecule has 1 atom stereocenters. The van der Waals surface area contributed by atoms with Crippen molar-refractivity contribution in [1.29, 1.82) is 0 Å². The van der Waals surface area contributed by atoms with Crippen molar-refractivity contribution in [3.05, 3.63) is 41.3 Å². The van der Waals surface area contributed by atoms with Crippen LogP contribution in [0.4, 0.5) is 5.82 Å². The molecule has 6 nitrogen and oxygen atoms in total. The van der Waals surface area contributed by atoms with Gasteiger partial charge < -0.3 is 14.8 Å². The minimum Gasteiger partial charge on any atom is -0.354 e. The second-order valence-electron chi connectivity index (χ2n) is 5.83. The lowest BCUT2D eigenvalue weighted by Gasteiger charge is -2.32. The number of anilines is 1. The average molecular weight is 334 g/mol. The van der Waals surface area contributed by atoms with Crippen LogP contribution in [0.15, 0.2) is 30.5 Å². The molecule has 1 unspecified atom stereocenters. The van der Waals surface area contributed by atoms with Crippen LogP contribution in [0.5, 0.6) is 0 Å². The SMILES string of the molecule is Cn1cccc1CNC(=O)C1CCCN(c2ccc(Cl)nn2)C1. The monoisotopic (exact) mass is 333 g/mol.